The first-order chi connectivity index (χ1) is 11.3. The predicted molar refractivity (Wildman–Crippen MR) is 80.4 cm³/mol. The van der Waals surface area contributed by atoms with Crippen LogP contribution in [-0.2, 0) is 11.3 Å². The summed E-state index contributed by atoms with van der Waals surface area (Å²) in [6, 6.07) is 5.62. The number of hydrogen-bond donors (Lipinski definition) is 1. The fourth-order valence-corrected chi connectivity index (χ4v) is 2.52. The van der Waals surface area contributed by atoms with Gasteiger partial charge in [-0.2, -0.15) is 10.1 Å². The van der Waals surface area contributed by atoms with Crippen LogP contribution < -0.4 is 0 Å². The molecule has 0 unspecified atom stereocenters. The minimum absolute atomic E-state index is 0.426. The number of ether oxygens (including phenoxy) is 1. The van der Waals surface area contributed by atoms with Gasteiger partial charge in [0.1, 0.15) is 17.1 Å². The Labute approximate surface area is 132 Å². The highest BCUT2D eigenvalue weighted by atomic mass is 16.5. The van der Waals surface area contributed by atoms with Crippen molar-refractivity contribution in [2.75, 3.05) is 26.3 Å². The predicted octanol–water partition coefficient (Wildman–Crippen LogP) is 1.86. The van der Waals surface area contributed by atoms with Crippen LogP contribution in [0.3, 0.4) is 0 Å². The van der Waals surface area contributed by atoms with E-state index in [1.807, 2.05) is 25.1 Å². The number of nitrogens with zero attached hydrogens (tertiary/aromatic N) is 4. The first-order valence-electron chi connectivity index (χ1n) is 7.53. The molecule has 1 saturated heterocycles. The zero-order valence-corrected chi connectivity index (χ0v) is 12.8. The van der Waals surface area contributed by atoms with Crippen LogP contribution >= 0.6 is 0 Å². The molecule has 0 bridgehead atoms. The van der Waals surface area contributed by atoms with E-state index in [2.05, 4.69) is 25.2 Å². The Morgan fingerprint density at radius 3 is 2.91 bits per heavy atom. The molecule has 8 heteroatoms. The fourth-order valence-electron chi connectivity index (χ4n) is 2.52. The third kappa shape index (κ3) is 3.03. The molecule has 8 nitrogen and oxygen atoms in total. The first kappa shape index (κ1) is 14.2. The molecule has 4 rings (SSSR count). The second-order valence-corrected chi connectivity index (χ2v) is 5.48. The Bertz CT molecular complexity index is 784. The number of hydrogen-bond acceptors (Lipinski definition) is 7. The maximum absolute atomic E-state index is 5.56. The van der Waals surface area contributed by atoms with Gasteiger partial charge in [0.15, 0.2) is 11.6 Å². The Kier molecular flexibility index (Phi) is 3.68. The first-order valence-corrected chi connectivity index (χ1v) is 7.53. The zero-order valence-electron chi connectivity index (χ0n) is 12.8. The number of aromatic nitrogens is 4. The number of furan rings is 1. The average Bonchev–Trinajstić information content (AvgIpc) is 3.28. The lowest BCUT2D eigenvalue weighted by atomic mass is 10.3. The highest BCUT2D eigenvalue weighted by Gasteiger charge is 2.17. The topological polar surface area (TPSA) is 93.2 Å². The highest BCUT2D eigenvalue weighted by molar-refractivity contribution is 5.60. The van der Waals surface area contributed by atoms with Gasteiger partial charge in [0.05, 0.1) is 19.8 Å². The summed E-state index contributed by atoms with van der Waals surface area (Å²) in [4.78, 5) is 6.66. The van der Waals surface area contributed by atoms with Crippen LogP contribution in [0.5, 0.6) is 0 Å². The van der Waals surface area contributed by atoms with E-state index in [4.69, 9.17) is 13.7 Å². The van der Waals surface area contributed by atoms with Crippen LogP contribution in [0.1, 0.15) is 11.6 Å². The molecule has 0 amide bonds. The normalized spacial score (nSPS) is 16.0. The van der Waals surface area contributed by atoms with Crippen LogP contribution in [0.25, 0.3) is 23.0 Å². The summed E-state index contributed by atoms with van der Waals surface area (Å²) >= 11 is 0. The molecule has 0 atom stereocenters. The molecule has 1 N–H and O–H groups in total. The van der Waals surface area contributed by atoms with Crippen molar-refractivity contribution in [2.45, 2.75) is 13.5 Å². The van der Waals surface area contributed by atoms with Crippen molar-refractivity contribution in [1.82, 2.24) is 25.2 Å². The van der Waals surface area contributed by atoms with E-state index in [0.717, 1.165) is 32.1 Å². The monoisotopic (exact) mass is 315 g/mol. The molecule has 1 aliphatic heterocycles. The molecule has 0 radical (unpaired) electrons. The van der Waals surface area contributed by atoms with Crippen LogP contribution in [0.4, 0.5) is 0 Å². The van der Waals surface area contributed by atoms with Crippen LogP contribution in [-0.4, -0.2) is 51.5 Å². The van der Waals surface area contributed by atoms with Crippen LogP contribution in [0.2, 0.25) is 0 Å². The van der Waals surface area contributed by atoms with Crippen molar-refractivity contribution < 1.29 is 13.7 Å². The minimum Gasteiger partial charge on any atom is -0.460 e. The zero-order chi connectivity index (χ0) is 15.6. The Morgan fingerprint density at radius 1 is 1.26 bits per heavy atom. The van der Waals surface area contributed by atoms with Crippen LogP contribution in [0.15, 0.2) is 27.1 Å². The molecule has 3 aromatic rings. The van der Waals surface area contributed by atoms with Gasteiger partial charge in [-0.25, -0.2) is 0 Å². The van der Waals surface area contributed by atoms with Gasteiger partial charge in [-0.15, -0.1) is 0 Å². The summed E-state index contributed by atoms with van der Waals surface area (Å²) in [5.41, 5.74) is 1.39. The van der Waals surface area contributed by atoms with Gasteiger partial charge in [-0.05, 0) is 19.1 Å². The Balaban J connectivity index is 1.49. The summed E-state index contributed by atoms with van der Waals surface area (Å²) in [5, 5.41) is 11.2. The van der Waals surface area contributed by atoms with Gasteiger partial charge in [-0.1, -0.05) is 5.16 Å². The lowest BCUT2D eigenvalue weighted by Gasteiger charge is -2.24. The smallest absolute Gasteiger partial charge is 0.275 e. The number of rotatable bonds is 4. The third-order valence-electron chi connectivity index (χ3n) is 3.74. The summed E-state index contributed by atoms with van der Waals surface area (Å²) in [7, 11) is 0. The maximum Gasteiger partial charge on any atom is 0.275 e. The summed E-state index contributed by atoms with van der Waals surface area (Å²) in [6.45, 7) is 5.82. The molecule has 120 valence electrons. The van der Waals surface area contributed by atoms with Crippen LogP contribution in [0, 0.1) is 6.92 Å². The number of aryl methyl sites for hydroxylation is 1. The van der Waals surface area contributed by atoms with Gasteiger partial charge in [0.25, 0.3) is 5.89 Å². The molecule has 0 aliphatic carbocycles. The molecule has 4 heterocycles. The average molecular weight is 315 g/mol. The van der Waals surface area contributed by atoms with Crippen molar-refractivity contribution in [3.05, 3.63) is 29.8 Å². The molecule has 0 saturated carbocycles. The van der Waals surface area contributed by atoms with Crippen molar-refractivity contribution in [2.24, 2.45) is 0 Å². The number of morpholine rings is 1. The SMILES string of the molecule is Cc1ccc(-c2cc(-c3nc(CN4CCOCC4)no3)[nH]n2)o1. The molecular weight excluding hydrogens is 298 g/mol. The molecule has 1 fully saturated rings. The minimum atomic E-state index is 0.426. The van der Waals surface area contributed by atoms with Gasteiger partial charge in [-0.3, -0.25) is 10.00 Å². The van der Waals surface area contributed by atoms with Crippen molar-refractivity contribution in [3.63, 3.8) is 0 Å². The quantitative estimate of drug-likeness (QED) is 0.785. The Hall–Kier alpha value is -2.45. The van der Waals surface area contributed by atoms with Crippen molar-refractivity contribution in [1.29, 1.82) is 0 Å². The fraction of sp³-hybridized carbons (Fsp3) is 0.400. The molecule has 1 aliphatic rings. The molecule has 0 spiro atoms. The van der Waals surface area contributed by atoms with E-state index in [9.17, 15) is 0 Å². The molecule has 0 aromatic carbocycles. The molecule has 3 aromatic heterocycles. The van der Waals surface area contributed by atoms with Crippen molar-refractivity contribution in [3.8, 4) is 23.0 Å². The summed E-state index contributed by atoms with van der Waals surface area (Å²) in [6.07, 6.45) is 0. The molecule has 23 heavy (non-hydrogen) atoms. The summed E-state index contributed by atoms with van der Waals surface area (Å²) < 4.78 is 16.2. The summed E-state index contributed by atoms with van der Waals surface area (Å²) in [5.74, 6) is 2.63. The number of H-pyrrole nitrogens is 1. The highest BCUT2D eigenvalue weighted by Crippen LogP contribution is 2.24. The van der Waals surface area contributed by atoms with Gasteiger partial charge < -0.3 is 13.7 Å². The second kappa shape index (κ2) is 5.98. The standard InChI is InChI=1S/C15H17N5O3/c1-10-2-3-13(22-10)11-8-12(18-17-11)15-16-14(19-23-15)9-20-4-6-21-7-5-20/h2-3,8H,4-7,9H2,1H3,(H,17,18). The van der Waals surface area contributed by atoms with E-state index < -0.39 is 0 Å². The lowest BCUT2D eigenvalue weighted by Crippen LogP contribution is -2.35. The Morgan fingerprint density at radius 2 is 2.13 bits per heavy atom. The van der Waals surface area contributed by atoms with Gasteiger partial charge in [0, 0.05) is 19.2 Å². The van der Waals surface area contributed by atoms with E-state index >= 15 is 0 Å². The van der Waals surface area contributed by atoms with E-state index in [0.29, 0.717) is 35.4 Å². The van der Waals surface area contributed by atoms with Gasteiger partial charge in [0.2, 0.25) is 0 Å². The van der Waals surface area contributed by atoms with Gasteiger partial charge >= 0.3 is 0 Å². The third-order valence-corrected chi connectivity index (χ3v) is 3.74. The second-order valence-electron chi connectivity index (χ2n) is 5.48. The number of aromatic amines is 1. The lowest BCUT2D eigenvalue weighted by molar-refractivity contribution is 0.0327. The van der Waals surface area contributed by atoms with E-state index in [-0.39, 0.29) is 0 Å². The maximum atomic E-state index is 5.56. The van der Waals surface area contributed by atoms with E-state index in [1.54, 1.807) is 0 Å². The van der Waals surface area contributed by atoms with E-state index in [1.165, 1.54) is 0 Å². The molecular formula is C15H17N5O3. The number of nitrogens with one attached hydrogen (secondary N) is 1. The largest absolute Gasteiger partial charge is 0.460 e. The van der Waals surface area contributed by atoms with Crippen molar-refractivity contribution >= 4 is 0 Å².